The maximum atomic E-state index is 13.8. The molecule has 134 valence electrons. The third-order valence-corrected chi connectivity index (χ3v) is 5.24. The van der Waals surface area contributed by atoms with Gasteiger partial charge in [-0.2, -0.15) is 0 Å². The highest BCUT2D eigenvalue weighted by molar-refractivity contribution is 7.89. The van der Waals surface area contributed by atoms with Crippen molar-refractivity contribution >= 4 is 21.6 Å². The first kappa shape index (κ1) is 19.0. The number of hydrogen-bond donors (Lipinski definition) is 2. The van der Waals surface area contributed by atoms with Gasteiger partial charge in [0.15, 0.2) is 0 Å². The van der Waals surface area contributed by atoms with Gasteiger partial charge >= 0.3 is 0 Å². The van der Waals surface area contributed by atoms with Crippen molar-refractivity contribution in [1.29, 1.82) is 0 Å². The van der Waals surface area contributed by atoms with Crippen molar-refractivity contribution in [2.75, 3.05) is 5.32 Å². The van der Waals surface area contributed by atoms with E-state index in [2.05, 4.69) is 10.0 Å². The lowest BCUT2D eigenvalue weighted by molar-refractivity contribution is -0.114. The first-order chi connectivity index (χ1) is 11.6. The van der Waals surface area contributed by atoms with Crippen LogP contribution in [0.4, 0.5) is 14.5 Å². The van der Waals surface area contributed by atoms with Crippen molar-refractivity contribution in [3.63, 3.8) is 0 Å². The number of benzene rings is 2. The molecule has 0 heterocycles. The summed E-state index contributed by atoms with van der Waals surface area (Å²) in [6.45, 7) is 4.38. The van der Waals surface area contributed by atoms with Crippen LogP contribution in [0.1, 0.15) is 31.0 Å². The van der Waals surface area contributed by atoms with Gasteiger partial charge in [-0.25, -0.2) is 21.9 Å². The van der Waals surface area contributed by atoms with E-state index in [1.807, 2.05) is 0 Å². The third-order valence-electron chi connectivity index (χ3n) is 3.56. The molecule has 2 rings (SSSR count). The second-order valence-corrected chi connectivity index (χ2v) is 7.35. The first-order valence-corrected chi connectivity index (χ1v) is 8.94. The zero-order valence-electron chi connectivity index (χ0n) is 13.9. The van der Waals surface area contributed by atoms with Gasteiger partial charge in [-0.3, -0.25) is 4.79 Å². The van der Waals surface area contributed by atoms with Crippen LogP contribution < -0.4 is 10.0 Å². The lowest BCUT2D eigenvalue weighted by Crippen LogP contribution is -2.28. The fourth-order valence-corrected chi connectivity index (χ4v) is 3.88. The fraction of sp³-hybridized carbons (Fsp3) is 0.235. The number of anilines is 1. The van der Waals surface area contributed by atoms with Gasteiger partial charge in [-0.15, -0.1) is 0 Å². The zero-order valence-corrected chi connectivity index (χ0v) is 14.7. The number of amides is 1. The Bertz CT molecular complexity index is 914. The number of carbonyl (C=O) groups excluding carboxylic acids is 1. The van der Waals surface area contributed by atoms with Crippen LogP contribution in [0.5, 0.6) is 0 Å². The number of halogens is 2. The molecule has 0 aliphatic heterocycles. The van der Waals surface area contributed by atoms with Crippen LogP contribution in [0.2, 0.25) is 0 Å². The van der Waals surface area contributed by atoms with Crippen LogP contribution in [-0.2, 0) is 14.8 Å². The van der Waals surface area contributed by atoms with Crippen LogP contribution >= 0.6 is 0 Å². The summed E-state index contributed by atoms with van der Waals surface area (Å²) in [5.74, 6) is -1.91. The van der Waals surface area contributed by atoms with E-state index in [4.69, 9.17) is 0 Å². The molecule has 0 radical (unpaired) electrons. The van der Waals surface area contributed by atoms with E-state index < -0.39 is 27.7 Å². The standard InChI is InChI=1S/C17H18F2N2O3S/c1-10-4-6-14(20-12(3)22)9-17(10)25(23,24)21-11(2)15-7-5-13(18)8-16(15)19/h4-9,11,21H,1-3H3,(H,20,22). The molecule has 1 unspecified atom stereocenters. The van der Waals surface area contributed by atoms with E-state index >= 15 is 0 Å². The predicted molar refractivity (Wildman–Crippen MR) is 90.6 cm³/mol. The van der Waals surface area contributed by atoms with Crippen molar-refractivity contribution in [1.82, 2.24) is 4.72 Å². The topological polar surface area (TPSA) is 75.3 Å². The van der Waals surface area contributed by atoms with Crippen LogP contribution in [0.25, 0.3) is 0 Å². The van der Waals surface area contributed by atoms with Crippen molar-refractivity contribution in [3.05, 3.63) is 59.2 Å². The maximum Gasteiger partial charge on any atom is 0.241 e. The van der Waals surface area contributed by atoms with Crippen molar-refractivity contribution in [2.24, 2.45) is 0 Å². The molecule has 8 heteroatoms. The molecule has 0 saturated heterocycles. The number of aryl methyl sites for hydroxylation is 1. The molecule has 1 atom stereocenters. The van der Waals surface area contributed by atoms with E-state index in [-0.39, 0.29) is 16.4 Å². The molecule has 0 aromatic heterocycles. The van der Waals surface area contributed by atoms with Gasteiger partial charge in [0.1, 0.15) is 11.6 Å². The lowest BCUT2D eigenvalue weighted by atomic mass is 10.1. The Morgan fingerprint density at radius 2 is 1.80 bits per heavy atom. The van der Waals surface area contributed by atoms with Crippen LogP contribution in [-0.4, -0.2) is 14.3 Å². The minimum Gasteiger partial charge on any atom is -0.326 e. The summed E-state index contributed by atoms with van der Waals surface area (Å²) in [7, 11) is -3.99. The lowest BCUT2D eigenvalue weighted by Gasteiger charge is -2.17. The summed E-state index contributed by atoms with van der Waals surface area (Å²) >= 11 is 0. The van der Waals surface area contributed by atoms with Gasteiger partial charge in [0.05, 0.1) is 4.90 Å². The first-order valence-electron chi connectivity index (χ1n) is 7.45. The van der Waals surface area contributed by atoms with E-state index in [1.54, 1.807) is 19.1 Å². The molecular formula is C17H18F2N2O3S. The molecule has 2 aromatic carbocycles. The highest BCUT2D eigenvalue weighted by atomic mass is 32.2. The zero-order chi connectivity index (χ0) is 18.8. The fourth-order valence-electron chi connectivity index (χ4n) is 2.38. The summed E-state index contributed by atoms with van der Waals surface area (Å²) in [6, 6.07) is 6.51. The average Bonchev–Trinajstić information content (AvgIpc) is 2.47. The molecule has 0 aliphatic carbocycles. The van der Waals surface area contributed by atoms with Crippen LogP contribution in [0.3, 0.4) is 0 Å². The molecule has 5 nitrogen and oxygen atoms in total. The Morgan fingerprint density at radius 1 is 1.12 bits per heavy atom. The molecule has 0 saturated carbocycles. The number of carbonyl (C=O) groups is 1. The van der Waals surface area contributed by atoms with Gasteiger partial charge in [0.2, 0.25) is 15.9 Å². The number of rotatable bonds is 5. The van der Waals surface area contributed by atoms with E-state index in [9.17, 15) is 22.0 Å². The normalized spacial score (nSPS) is 12.7. The molecule has 0 bridgehead atoms. The molecule has 1 amide bonds. The minimum absolute atomic E-state index is 0.0284. The highest BCUT2D eigenvalue weighted by Crippen LogP contribution is 2.24. The largest absolute Gasteiger partial charge is 0.326 e. The van der Waals surface area contributed by atoms with Crippen LogP contribution in [0, 0.1) is 18.6 Å². The number of hydrogen-bond acceptors (Lipinski definition) is 3. The molecule has 25 heavy (non-hydrogen) atoms. The minimum atomic E-state index is -3.99. The third kappa shape index (κ3) is 4.61. The second-order valence-electron chi connectivity index (χ2n) is 5.67. The summed E-state index contributed by atoms with van der Waals surface area (Å²) in [5, 5.41) is 2.51. The molecule has 2 N–H and O–H groups in total. The number of sulfonamides is 1. The SMILES string of the molecule is CC(=O)Nc1ccc(C)c(S(=O)(=O)NC(C)c2ccc(F)cc2F)c1. The second kappa shape index (κ2) is 7.28. The molecule has 0 spiro atoms. The van der Waals surface area contributed by atoms with Crippen LogP contribution in [0.15, 0.2) is 41.3 Å². The van der Waals surface area contributed by atoms with Crippen molar-refractivity contribution in [3.8, 4) is 0 Å². The Labute approximate surface area is 145 Å². The quantitative estimate of drug-likeness (QED) is 0.851. The van der Waals surface area contributed by atoms with E-state index in [1.165, 1.54) is 26.0 Å². The monoisotopic (exact) mass is 368 g/mol. The molecular weight excluding hydrogens is 350 g/mol. The van der Waals surface area contributed by atoms with Gasteiger partial charge < -0.3 is 5.32 Å². The summed E-state index contributed by atoms with van der Waals surface area (Å²) in [6.07, 6.45) is 0. The van der Waals surface area contributed by atoms with Crippen molar-refractivity contribution < 1.29 is 22.0 Å². The summed E-state index contributed by atoms with van der Waals surface area (Å²) in [4.78, 5) is 11.1. The van der Waals surface area contributed by atoms with E-state index in [0.29, 0.717) is 17.3 Å². The van der Waals surface area contributed by atoms with Gasteiger partial charge in [-0.1, -0.05) is 12.1 Å². The molecule has 0 aliphatic rings. The van der Waals surface area contributed by atoms with Crippen molar-refractivity contribution in [2.45, 2.75) is 31.7 Å². The average molecular weight is 368 g/mol. The van der Waals surface area contributed by atoms with Gasteiger partial charge in [0, 0.05) is 30.3 Å². The Kier molecular flexibility index (Phi) is 5.54. The smallest absolute Gasteiger partial charge is 0.241 e. The number of nitrogens with one attached hydrogen (secondary N) is 2. The Balaban J connectivity index is 2.33. The molecule has 0 fully saturated rings. The molecule has 2 aromatic rings. The highest BCUT2D eigenvalue weighted by Gasteiger charge is 2.22. The predicted octanol–water partition coefficient (Wildman–Crippen LogP) is 3.27. The Hall–Kier alpha value is -2.32. The Morgan fingerprint density at radius 3 is 2.40 bits per heavy atom. The van der Waals surface area contributed by atoms with Gasteiger partial charge in [-0.05, 0) is 37.6 Å². The van der Waals surface area contributed by atoms with E-state index in [0.717, 1.165) is 6.07 Å². The van der Waals surface area contributed by atoms with Gasteiger partial charge in [0.25, 0.3) is 0 Å². The summed E-state index contributed by atoms with van der Waals surface area (Å²) in [5.41, 5.74) is 0.827. The summed E-state index contributed by atoms with van der Waals surface area (Å²) < 4.78 is 54.5. The maximum absolute atomic E-state index is 13.8.